The molecule has 0 spiro atoms. The highest BCUT2D eigenvalue weighted by atomic mass is 32.2. The third-order valence-electron chi connectivity index (χ3n) is 1.88. The Kier molecular flexibility index (Phi) is 3.81. The van der Waals surface area contributed by atoms with Crippen LogP contribution in [0.4, 0.5) is 0 Å². The molecule has 0 aliphatic heterocycles. The van der Waals surface area contributed by atoms with Gasteiger partial charge in [0.15, 0.2) is 9.84 Å². The van der Waals surface area contributed by atoms with Gasteiger partial charge in [0.05, 0.1) is 11.7 Å². The zero-order valence-corrected chi connectivity index (χ0v) is 9.71. The van der Waals surface area contributed by atoms with Gasteiger partial charge < -0.3 is 5.11 Å². The van der Waals surface area contributed by atoms with E-state index in [0.717, 1.165) is 0 Å². The molecule has 1 atom stereocenters. The Bertz CT molecular complexity index is 424. The standard InChI is InChI=1S/C8H11NO4S2/c1-6(4-8(10)11)15(12,13)5-7-9-2-3-14-7/h2-3,6H,4-5H2,1H3,(H,10,11). The van der Waals surface area contributed by atoms with Crippen molar-refractivity contribution in [2.24, 2.45) is 0 Å². The van der Waals surface area contributed by atoms with Crippen LogP contribution in [0, 0.1) is 0 Å². The number of aromatic nitrogens is 1. The second kappa shape index (κ2) is 4.71. The largest absolute Gasteiger partial charge is 0.481 e. The molecule has 84 valence electrons. The van der Waals surface area contributed by atoms with Crippen molar-refractivity contribution in [3.05, 3.63) is 16.6 Å². The Labute approximate surface area is 91.7 Å². The molecule has 1 heterocycles. The quantitative estimate of drug-likeness (QED) is 0.838. The van der Waals surface area contributed by atoms with Crippen molar-refractivity contribution in [3.8, 4) is 0 Å². The number of carboxylic acid groups (broad SMARTS) is 1. The zero-order chi connectivity index (χ0) is 11.5. The lowest BCUT2D eigenvalue weighted by Crippen LogP contribution is -2.22. The summed E-state index contributed by atoms with van der Waals surface area (Å²) in [6.07, 6.45) is 1.16. The van der Waals surface area contributed by atoms with Gasteiger partial charge in [-0.15, -0.1) is 11.3 Å². The average molecular weight is 249 g/mol. The number of rotatable bonds is 5. The van der Waals surface area contributed by atoms with E-state index in [1.165, 1.54) is 24.5 Å². The molecule has 1 aromatic heterocycles. The first-order valence-corrected chi connectivity index (χ1v) is 6.83. The first kappa shape index (κ1) is 12.1. The maximum Gasteiger partial charge on any atom is 0.304 e. The molecule has 0 aromatic carbocycles. The molecule has 1 aromatic rings. The van der Waals surface area contributed by atoms with Gasteiger partial charge >= 0.3 is 5.97 Å². The van der Waals surface area contributed by atoms with Crippen molar-refractivity contribution >= 4 is 27.1 Å². The SMILES string of the molecule is CC(CC(=O)O)S(=O)(=O)Cc1nccs1. The van der Waals surface area contributed by atoms with Crippen LogP contribution in [0.15, 0.2) is 11.6 Å². The summed E-state index contributed by atoms with van der Waals surface area (Å²) in [7, 11) is -3.41. The molecular formula is C8H11NO4S2. The molecule has 0 radical (unpaired) electrons. The van der Waals surface area contributed by atoms with Gasteiger partial charge in [-0.25, -0.2) is 13.4 Å². The van der Waals surface area contributed by atoms with Crippen LogP contribution < -0.4 is 0 Å². The van der Waals surface area contributed by atoms with Gasteiger partial charge in [0, 0.05) is 11.6 Å². The average Bonchev–Trinajstić information content (AvgIpc) is 2.54. The summed E-state index contributed by atoms with van der Waals surface area (Å²) >= 11 is 1.25. The lowest BCUT2D eigenvalue weighted by Gasteiger charge is -2.08. The van der Waals surface area contributed by atoms with E-state index in [9.17, 15) is 13.2 Å². The van der Waals surface area contributed by atoms with Crippen molar-refractivity contribution in [2.45, 2.75) is 24.3 Å². The number of hydrogen-bond donors (Lipinski definition) is 1. The first-order chi connectivity index (χ1) is 6.92. The van der Waals surface area contributed by atoms with Crippen molar-refractivity contribution in [1.82, 2.24) is 4.98 Å². The summed E-state index contributed by atoms with van der Waals surface area (Å²) in [4.78, 5) is 14.2. The number of aliphatic carboxylic acids is 1. The van der Waals surface area contributed by atoms with Gasteiger partial charge in [0.25, 0.3) is 0 Å². The van der Waals surface area contributed by atoms with Crippen LogP contribution in [0.1, 0.15) is 18.4 Å². The topological polar surface area (TPSA) is 84.3 Å². The van der Waals surface area contributed by atoms with Crippen LogP contribution in [0.2, 0.25) is 0 Å². The van der Waals surface area contributed by atoms with E-state index < -0.39 is 21.1 Å². The van der Waals surface area contributed by atoms with Crippen LogP contribution >= 0.6 is 11.3 Å². The Morgan fingerprint density at radius 1 is 1.67 bits per heavy atom. The third-order valence-corrected chi connectivity index (χ3v) is 4.91. The molecule has 0 fully saturated rings. The summed E-state index contributed by atoms with van der Waals surface area (Å²) in [6.45, 7) is 1.40. The molecule has 1 rings (SSSR count). The molecule has 0 aliphatic carbocycles. The van der Waals surface area contributed by atoms with Crippen molar-refractivity contribution in [3.63, 3.8) is 0 Å². The van der Waals surface area contributed by atoms with Gasteiger partial charge in [-0.2, -0.15) is 0 Å². The fourth-order valence-electron chi connectivity index (χ4n) is 1.01. The fraction of sp³-hybridized carbons (Fsp3) is 0.500. The molecule has 0 aliphatic rings. The Morgan fingerprint density at radius 3 is 2.80 bits per heavy atom. The smallest absolute Gasteiger partial charge is 0.304 e. The summed E-state index contributed by atoms with van der Waals surface area (Å²) in [6, 6.07) is 0. The van der Waals surface area contributed by atoms with E-state index in [4.69, 9.17) is 5.11 Å². The molecule has 0 saturated heterocycles. The minimum atomic E-state index is -3.41. The van der Waals surface area contributed by atoms with E-state index in [1.807, 2.05) is 0 Å². The molecular weight excluding hydrogens is 238 g/mol. The van der Waals surface area contributed by atoms with Crippen LogP contribution in [-0.4, -0.2) is 29.7 Å². The Hall–Kier alpha value is -0.950. The minimum absolute atomic E-state index is 0.181. The van der Waals surface area contributed by atoms with Crippen LogP contribution in [0.25, 0.3) is 0 Å². The number of thiazole rings is 1. The van der Waals surface area contributed by atoms with E-state index in [2.05, 4.69) is 4.98 Å². The Morgan fingerprint density at radius 2 is 2.33 bits per heavy atom. The lowest BCUT2D eigenvalue weighted by atomic mass is 10.3. The van der Waals surface area contributed by atoms with Crippen LogP contribution in [0.5, 0.6) is 0 Å². The van der Waals surface area contributed by atoms with Gasteiger partial charge in [-0.1, -0.05) is 0 Å². The van der Waals surface area contributed by atoms with Crippen molar-refractivity contribution in [1.29, 1.82) is 0 Å². The molecule has 5 nitrogen and oxygen atoms in total. The van der Waals surface area contributed by atoms with E-state index >= 15 is 0 Å². The molecule has 0 amide bonds. The number of hydrogen-bond acceptors (Lipinski definition) is 5. The van der Waals surface area contributed by atoms with Crippen LogP contribution in [-0.2, 0) is 20.4 Å². The highest BCUT2D eigenvalue weighted by Gasteiger charge is 2.24. The van der Waals surface area contributed by atoms with Gasteiger partial charge in [0.1, 0.15) is 10.8 Å². The van der Waals surface area contributed by atoms with Crippen molar-refractivity contribution < 1.29 is 18.3 Å². The second-order valence-corrected chi connectivity index (χ2v) is 6.54. The monoisotopic (exact) mass is 249 g/mol. The van der Waals surface area contributed by atoms with E-state index in [1.54, 1.807) is 5.38 Å². The number of sulfone groups is 1. The van der Waals surface area contributed by atoms with Gasteiger partial charge in [-0.3, -0.25) is 4.79 Å². The Balaban J connectivity index is 2.71. The second-order valence-electron chi connectivity index (χ2n) is 3.14. The zero-order valence-electron chi connectivity index (χ0n) is 8.08. The summed E-state index contributed by atoms with van der Waals surface area (Å²) in [5, 5.41) is 9.80. The number of carboxylic acids is 1. The number of nitrogens with zero attached hydrogens (tertiary/aromatic N) is 1. The highest BCUT2D eigenvalue weighted by Crippen LogP contribution is 2.15. The van der Waals surface area contributed by atoms with Gasteiger partial charge in [0.2, 0.25) is 0 Å². The van der Waals surface area contributed by atoms with E-state index in [-0.39, 0.29) is 12.2 Å². The fourth-order valence-corrected chi connectivity index (χ4v) is 3.28. The minimum Gasteiger partial charge on any atom is -0.481 e. The van der Waals surface area contributed by atoms with E-state index in [0.29, 0.717) is 5.01 Å². The predicted octanol–water partition coefficient (Wildman–Crippen LogP) is 0.921. The van der Waals surface area contributed by atoms with Crippen molar-refractivity contribution in [2.75, 3.05) is 0 Å². The summed E-state index contributed by atoms with van der Waals surface area (Å²) < 4.78 is 23.3. The summed E-state index contributed by atoms with van der Waals surface area (Å²) in [5.74, 6) is -1.29. The molecule has 15 heavy (non-hydrogen) atoms. The number of carbonyl (C=O) groups is 1. The molecule has 0 saturated carbocycles. The first-order valence-electron chi connectivity index (χ1n) is 4.23. The molecule has 1 N–H and O–H groups in total. The molecule has 7 heteroatoms. The normalized spacial score (nSPS) is 13.7. The highest BCUT2D eigenvalue weighted by molar-refractivity contribution is 7.91. The van der Waals surface area contributed by atoms with Gasteiger partial charge in [-0.05, 0) is 6.92 Å². The lowest BCUT2D eigenvalue weighted by molar-refractivity contribution is -0.136. The molecule has 0 bridgehead atoms. The molecule has 1 unspecified atom stereocenters. The summed E-state index contributed by atoms with van der Waals surface area (Å²) in [5.41, 5.74) is 0. The predicted molar refractivity (Wildman–Crippen MR) is 56.5 cm³/mol. The maximum absolute atomic E-state index is 11.6. The third kappa shape index (κ3) is 3.60. The van der Waals surface area contributed by atoms with Crippen LogP contribution in [0.3, 0.4) is 0 Å². The maximum atomic E-state index is 11.6.